The smallest absolute Gasteiger partial charge is 0.345 e. The van der Waals surface area contributed by atoms with E-state index in [0.717, 1.165) is 0 Å². The summed E-state index contributed by atoms with van der Waals surface area (Å²) < 4.78 is 37.2. The molecule has 0 unspecified atom stereocenters. The molecule has 0 fully saturated rings. The molecule has 1 aromatic heterocycles. The second kappa shape index (κ2) is 8.64. The van der Waals surface area contributed by atoms with Gasteiger partial charge in [0.1, 0.15) is 0 Å². The number of benzene rings is 3. The molecule has 0 bridgehead atoms. The predicted octanol–water partition coefficient (Wildman–Crippen LogP) is 4.77. The van der Waals surface area contributed by atoms with Gasteiger partial charge in [0, 0.05) is 6.21 Å². The van der Waals surface area contributed by atoms with Crippen molar-refractivity contribution in [3.8, 4) is 11.5 Å². The van der Waals surface area contributed by atoms with Crippen molar-refractivity contribution in [2.24, 2.45) is 4.99 Å². The van der Waals surface area contributed by atoms with Crippen LogP contribution in [0.4, 0.5) is 14.5 Å². The van der Waals surface area contributed by atoms with Gasteiger partial charge in [-0.05, 0) is 54.1 Å². The average molecular weight is 458 g/mol. The van der Waals surface area contributed by atoms with E-state index < -0.39 is 17.6 Å². The number of aliphatic imine (C=N–C) groups is 1. The first-order valence-electron chi connectivity index (χ1n) is 9.15. The van der Waals surface area contributed by atoms with Crippen molar-refractivity contribution < 1.29 is 23.0 Å². The molecular weight excluding hydrogens is 444 g/mol. The van der Waals surface area contributed by atoms with Crippen molar-refractivity contribution in [2.45, 2.75) is 0 Å². The minimum atomic E-state index is -1.22. The lowest BCUT2D eigenvalue weighted by atomic mass is 10.2. The van der Waals surface area contributed by atoms with Crippen LogP contribution in [-0.4, -0.2) is 29.3 Å². The predicted molar refractivity (Wildman–Crippen MR) is 115 cm³/mol. The molecule has 1 heterocycles. The average Bonchev–Trinajstić information content (AvgIpc) is 3.14. The lowest BCUT2D eigenvalue weighted by Gasteiger charge is -2.11. The molecule has 0 atom stereocenters. The van der Waals surface area contributed by atoms with E-state index in [9.17, 15) is 18.4 Å². The number of nitrogens with one attached hydrogen (secondary N) is 2. The molecule has 4 aromatic rings. The quantitative estimate of drug-likeness (QED) is 0.195. The van der Waals surface area contributed by atoms with Crippen molar-refractivity contribution >= 4 is 40.5 Å². The Hall–Kier alpha value is -3.98. The number of nitrogens with zero attached hydrogens (tertiary/aromatic N) is 1. The number of esters is 1. The van der Waals surface area contributed by atoms with Crippen LogP contribution in [0.2, 0.25) is 5.02 Å². The zero-order valence-electron chi connectivity index (χ0n) is 16.4. The molecule has 162 valence electrons. The highest BCUT2D eigenvalue weighted by molar-refractivity contribution is 6.33. The maximum absolute atomic E-state index is 13.5. The highest BCUT2D eigenvalue weighted by Crippen LogP contribution is 2.30. The van der Waals surface area contributed by atoms with E-state index in [1.165, 1.54) is 13.2 Å². The van der Waals surface area contributed by atoms with Gasteiger partial charge in [0.05, 0.1) is 34.4 Å². The fourth-order valence-corrected chi connectivity index (χ4v) is 3.16. The molecule has 0 amide bonds. The molecule has 3 aromatic carbocycles. The van der Waals surface area contributed by atoms with Crippen LogP contribution < -0.4 is 15.2 Å². The summed E-state index contributed by atoms with van der Waals surface area (Å²) in [5, 5.41) is -0.280. The molecule has 0 aliphatic rings. The number of fused-ring (bicyclic) bond motifs is 1. The molecule has 2 N–H and O–H groups in total. The van der Waals surface area contributed by atoms with Gasteiger partial charge in [-0.1, -0.05) is 11.6 Å². The Morgan fingerprint density at radius 1 is 1.00 bits per heavy atom. The van der Waals surface area contributed by atoms with E-state index in [2.05, 4.69) is 15.0 Å². The number of halogens is 3. The third-order valence-electron chi connectivity index (χ3n) is 4.48. The van der Waals surface area contributed by atoms with Gasteiger partial charge in [-0.25, -0.2) is 18.4 Å². The minimum absolute atomic E-state index is 0.0572. The topological polar surface area (TPSA) is 96.5 Å². The first-order chi connectivity index (χ1) is 15.3. The van der Waals surface area contributed by atoms with Gasteiger partial charge in [-0.15, -0.1) is 0 Å². The Balaban J connectivity index is 1.55. The molecule has 7 nitrogen and oxygen atoms in total. The van der Waals surface area contributed by atoms with Gasteiger partial charge in [0.2, 0.25) is 0 Å². The molecule has 0 aliphatic heterocycles. The number of hydrogen-bond acceptors (Lipinski definition) is 5. The van der Waals surface area contributed by atoms with Gasteiger partial charge >= 0.3 is 11.7 Å². The van der Waals surface area contributed by atoms with E-state index in [-0.39, 0.29) is 27.8 Å². The van der Waals surface area contributed by atoms with Gasteiger partial charge in [-0.2, -0.15) is 0 Å². The first-order valence-corrected chi connectivity index (χ1v) is 9.53. The van der Waals surface area contributed by atoms with Crippen LogP contribution in [0.25, 0.3) is 11.0 Å². The number of H-pyrrole nitrogens is 2. The monoisotopic (exact) mass is 457 g/mol. The van der Waals surface area contributed by atoms with Crippen LogP contribution >= 0.6 is 11.6 Å². The Morgan fingerprint density at radius 3 is 2.53 bits per heavy atom. The maximum atomic E-state index is 13.5. The number of carbonyl (C=O) groups is 1. The molecule has 0 saturated heterocycles. The van der Waals surface area contributed by atoms with E-state index in [4.69, 9.17) is 21.1 Å². The second-order valence-corrected chi connectivity index (χ2v) is 7.02. The fourth-order valence-electron chi connectivity index (χ4n) is 2.93. The number of aromatic nitrogens is 2. The largest absolute Gasteiger partial charge is 0.493 e. The molecule has 4 rings (SSSR count). The summed E-state index contributed by atoms with van der Waals surface area (Å²) in [6.45, 7) is 0. The summed E-state index contributed by atoms with van der Waals surface area (Å²) in [4.78, 5) is 33.4. The Morgan fingerprint density at radius 2 is 1.75 bits per heavy atom. The van der Waals surface area contributed by atoms with Crippen molar-refractivity contribution in [1.82, 2.24) is 9.97 Å². The number of ether oxygens (including phenoxy) is 2. The lowest BCUT2D eigenvalue weighted by Crippen LogP contribution is -2.11. The Labute approximate surface area is 184 Å². The summed E-state index contributed by atoms with van der Waals surface area (Å²) in [6.07, 6.45) is 1.56. The van der Waals surface area contributed by atoms with Crippen LogP contribution in [0, 0.1) is 11.6 Å². The van der Waals surface area contributed by atoms with Crippen molar-refractivity contribution in [2.75, 3.05) is 7.11 Å². The van der Waals surface area contributed by atoms with Crippen LogP contribution in [0.1, 0.15) is 15.9 Å². The van der Waals surface area contributed by atoms with Crippen molar-refractivity contribution in [1.29, 1.82) is 0 Å². The molecular formula is C22H14ClF2N3O4. The summed E-state index contributed by atoms with van der Waals surface area (Å²) in [6, 6.07) is 11.2. The van der Waals surface area contributed by atoms with E-state index >= 15 is 0 Å². The molecule has 0 spiro atoms. The normalized spacial score (nSPS) is 11.2. The summed E-state index contributed by atoms with van der Waals surface area (Å²) >= 11 is 5.82. The number of hydrogen-bond donors (Lipinski definition) is 2. The second-order valence-electron chi connectivity index (χ2n) is 6.61. The minimum Gasteiger partial charge on any atom is -0.493 e. The van der Waals surface area contributed by atoms with Crippen LogP contribution in [0.3, 0.4) is 0 Å². The summed E-state index contributed by atoms with van der Waals surface area (Å²) in [7, 11) is 1.38. The van der Waals surface area contributed by atoms with E-state index in [0.29, 0.717) is 34.4 Å². The van der Waals surface area contributed by atoms with Gasteiger partial charge < -0.3 is 19.4 Å². The molecule has 0 radical (unpaired) electrons. The highest BCUT2D eigenvalue weighted by atomic mass is 35.5. The maximum Gasteiger partial charge on any atom is 0.345 e. The fraction of sp³-hybridized carbons (Fsp3) is 0.0455. The van der Waals surface area contributed by atoms with Crippen LogP contribution in [0.15, 0.2) is 58.3 Å². The molecule has 10 heteroatoms. The number of imidazole rings is 1. The lowest BCUT2D eigenvalue weighted by molar-refractivity contribution is 0.0729. The number of methoxy groups -OCH3 is 1. The van der Waals surface area contributed by atoms with Gasteiger partial charge in [-0.3, -0.25) is 4.99 Å². The number of carbonyl (C=O) groups excluding carboxylic acids is 1. The number of aromatic amines is 2. The van der Waals surface area contributed by atoms with Crippen molar-refractivity contribution in [3.05, 3.63) is 86.8 Å². The van der Waals surface area contributed by atoms with Crippen molar-refractivity contribution in [3.63, 3.8) is 0 Å². The molecule has 0 saturated carbocycles. The van der Waals surface area contributed by atoms with Crippen LogP contribution in [-0.2, 0) is 0 Å². The third-order valence-corrected chi connectivity index (χ3v) is 4.80. The SMILES string of the molecule is COc1cc(C=Nc2ccc3[nH]c(=O)[nH]c3c2)ccc1OC(=O)c1cc(F)c(F)cc1Cl. The summed E-state index contributed by atoms with van der Waals surface area (Å²) in [5.41, 5.74) is 1.91. The Kier molecular flexibility index (Phi) is 5.74. The first kappa shape index (κ1) is 21.3. The molecule has 32 heavy (non-hydrogen) atoms. The standard InChI is InChI=1S/C22H14ClF2N3O4/c1-31-20-6-11(10-26-12-3-4-17-18(7-12)28-22(30)27-17)2-5-19(20)32-21(29)13-8-15(24)16(25)9-14(13)23/h2-10H,1H3,(H2,27,28,30). The van der Waals surface area contributed by atoms with Crippen LogP contribution in [0.5, 0.6) is 11.5 Å². The Bertz CT molecular complexity index is 1430. The summed E-state index contributed by atoms with van der Waals surface area (Å²) in [5.74, 6) is -3.09. The van der Waals surface area contributed by atoms with Gasteiger partial charge in [0.15, 0.2) is 23.1 Å². The zero-order valence-corrected chi connectivity index (χ0v) is 17.2. The third kappa shape index (κ3) is 4.37. The van der Waals surface area contributed by atoms with Gasteiger partial charge in [0.25, 0.3) is 0 Å². The van der Waals surface area contributed by atoms with E-state index in [1.807, 2.05) is 0 Å². The highest BCUT2D eigenvalue weighted by Gasteiger charge is 2.18. The number of rotatable bonds is 5. The zero-order chi connectivity index (χ0) is 22.8. The van der Waals surface area contributed by atoms with E-state index in [1.54, 1.807) is 36.5 Å². The molecule has 0 aliphatic carbocycles.